The zero-order chi connectivity index (χ0) is 15.2. The first-order chi connectivity index (χ1) is 9.57. The Morgan fingerprint density at radius 1 is 1.05 bits per heavy atom. The number of amides is 1. The minimum atomic E-state index is 0.228. The van der Waals surface area contributed by atoms with Gasteiger partial charge in [0.2, 0.25) is 5.91 Å². The van der Waals surface area contributed by atoms with E-state index in [-0.39, 0.29) is 12.0 Å². The van der Waals surface area contributed by atoms with Gasteiger partial charge >= 0.3 is 0 Å². The van der Waals surface area contributed by atoms with Crippen molar-refractivity contribution in [1.82, 2.24) is 4.90 Å². The summed E-state index contributed by atoms with van der Waals surface area (Å²) in [5.74, 6) is 0.228. The summed E-state index contributed by atoms with van der Waals surface area (Å²) in [6.45, 7) is 9.02. The van der Waals surface area contributed by atoms with Gasteiger partial charge in [0.15, 0.2) is 0 Å². The maximum atomic E-state index is 11.8. The third-order valence-electron chi connectivity index (χ3n) is 3.19. The summed E-state index contributed by atoms with van der Waals surface area (Å²) in [6.07, 6.45) is 6.54. The van der Waals surface area contributed by atoms with E-state index in [1.54, 1.807) is 4.90 Å². The molecule has 0 saturated heterocycles. The van der Waals surface area contributed by atoms with Gasteiger partial charge in [-0.15, -0.1) is 0 Å². The van der Waals surface area contributed by atoms with Crippen molar-refractivity contribution < 1.29 is 14.3 Å². The predicted octanol–water partition coefficient (Wildman–Crippen LogP) is 3.25. The molecule has 0 aliphatic carbocycles. The highest BCUT2D eigenvalue weighted by atomic mass is 16.5. The van der Waals surface area contributed by atoms with Crippen LogP contribution in [0.3, 0.4) is 0 Å². The fourth-order valence-electron chi connectivity index (χ4n) is 1.90. The SMILES string of the molecule is CCOCCCCCCCC(=O)N(C)CCOC(C)C. The van der Waals surface area contributed by atoms with E-state index in [9.17, 15) is 4.79 Å². The van der Waals surface area contributed by atoms with Gasteiger partial charge in [-0.05, 0) is 33.6 Å². The third-order valence-corrected chi connectivity index (χ3v) is 3.19. The molecule has 0 N–H and O–H groups in total. The molecule has 0 heterocycles. The molecule has 4 heteroatoms. The molecule has 0 bridgehead atoms. The van der Waals surface area contributed by atoms with Crippen LogP contribution in [-0.4, -0.2) is 50.3 Å². The van der Waals surface area contributed by atoms with E-state index in [2.05, 4.69) is 0 Å². The maximum absolute atomic E-state index is 11.8. The van der Waals surface area contributed by atoms with E-state index in [1.165, 1.54) is 12.8 Å². The molecular weight excluding hydrogens is 254 g/mol. The Morgan fingerprint density at radius 3 is 2.35 bits per heavy atom. The fourth-order valence-corrected chi connectivity index (χ4v) is 1.90. The number of hydrogen-bond acceptors (Lipinski definition) is 3. The van der Waals surface area contributed by atoms with Crippen molar-refractivity contribution >= 4 is 5.91 Å². The number of rotatable bonds is 13. The number of nitrogens with zero attached hydrogens (tertiary/aromatic N) is 1. The fraction of sp³-hybridized carbons (Fsp3) is 0.938. The number of likely N-dealkylation sites (N-methyl/N-ethyl adjacent to an activating group) is 1. The minimum absolute atomic E-state index is 0.228. The molecule has 0 atom stereocenters. The molecule has 0 rings (SSSR count). The van der Waals surface area contributed by atoms with Gasteiger partial charge in [0.05, 0.1) is 12.7 Å². The predicted molar refractivity (Wildman–Crippen MR) is 82.9 cm³/mol. The van der Waals surface area contributed by atoms with Gasteiger partial charge in [-0.1, -0.05) is 19.3 Å². The van der Waals surface area contributed by atoms with Crippen molar-refractivity contribution in [3.63, 3.8) is 0 Å². The van der Waals surface area contributed by atoms with E-state index in [0.717, 1.165) is 32.5 Å². The van der Waals surface area contributed by atoms with E-state index in [0.29, 0.717) is 19.6 Å². The van der Waals surface area contributed by atoms with Crippen LogP contribution >= 0.6 is 0 Å². The van der Waals surface area contributed by atoms with Gasteiger partial charge in [0.25, 0.3) is 0 Å². The number of carbonyl (C=O) groups is 1. The van der Waals surface area contributed by atoms with Crippen molar-refractivity contribution in [3.8, 4) is 0 Å². The lowest BCUT2D eigenvalue weighted by Crippen LogP contribution is -2.30. The summed E-state index contributed by atoms with van der Waals surface area (Å²) in [4.78, 5) is 13.6. The summed E-state index contributed by atoms with van der Waals surface area (Å²) >= 11 is 0. The van der Waals surface area contributed by atoms with Crippen LogP contribution in [0.1, 0.15) is 59.3 Å². The average molecular weight is 287 g/mol. The van der Waals surface area contributed by atoms with Crippen LogP contribution in [-0.2, 0) is 14.3 Å². The van der Waals surface area contributed by atoms with Crippen molar-refractivity contribution in [3.05, 3.63) is 0 Å². The molecule has 0 unspecified atom stereocenters. The number of hydrogen-bond donors (Lipinski definition) is 0. The lowest BCUT2D eigenvalue weighted by Gasteiger charge is -2.18. The van der Waals surface area contributed by atoms with Crippen molar-refractivity contribution in [2.24, 2.45) is 0 Å². The molecule has 120 valence electrons. The smallest absolute Gasteiger partial charge is 0.222 e. The molecular formula is C16H33NO3. The van der Waals surface area contributed by atoms with Gasteiger partial charge in [-0.3, -0.25) is 4.79 Å². The van der Waals surface area contributed by atoms with Crippen LogP contribution in [0, 0.1) is 0 Å². The molecule has 20 heavy (non-hydrogen) atoms. The number of unbranched alkanes of at least 4 members (excludes halogenated alkanes) is 4. The van der Waals surface area contributed by atoms with Crippen LogP contribution in [0.4, 0.5) is 0 Å². The van der Waals surface area contributed by atoms with Crippen LogP contribution in [0.15, 0.2) is 0 Å². The second-order valence-corrected chi connectivity index (χ2v) is 5.45. The first-order valence-electron chi connectivity index (χ1n) is 8.01. The lowest BCUT2D eigenvalue weighted by atomic mass is 10.1. The quantitative estimate of drug-likeness (QED) is 0.488. The molecule has 0 aromatic carbocycles. The van der Waals surface area contributed by atoms with Gasteiger partial charge in [-0.2, -0.15) is 0 Å². The second-order valence-electron chi connectivity index (χ2n) is 5.45. The molecule has 4 nitrogen and oxygen atoms in total. The third kappa shape index (κ3) is 12.4. The topological polar surface area (TPSA) is 38.8 Å². The molecule has 0 aromatic heterocycles. The van der Waals surface area contributed by atoms with Crippen molar-refractivity contribution in [2.75, 3.05) is 33.4 Å². The van der Waals surface area contributed by atoms with E-state index >= 15 is 0 Å². The highest BCUT2D eigenvalue weighted by molar-refractivity contribution is 5.75. The van der Waals surface area contributed by atoms with Gasteiger partial charge in [-0.25, -0.2) is 0 Å². The van der Waals surface area contributed by atoms with Gasteiger partial charge in [0, 0.05) is 33.2 Å². The Labute approximate surface area is 124 Å². The zero-order valence-corrected chi connectivity index (χ0v) is 13.8. The Balaban J connectivity index is 3.38. The van der Waals surface area contributed by atoms with Crippen molar-refractivity contribution in [2.45, 2.75) is 65.4 Å². The zero-order valence-electron chi connectivity index (χ0n) is 13.8. The summed E-state index contributed by atoms with van der Waals surface area (Å²) in [6, 6.07) is 0. The lowest BCUT2D eigenvalue weighted by molar-refractivity contribution is -0.130. The molecule has 0 aliphatic heterocycles. The van der Waals surface area contributed by atoms with E-state index in [4.69, 9.17) is 9.47 Å². The van der Waals surface area contributed by atoms with Crippen molar-refractivity contribution in [1.29, 1.82) is 0 Å². The highest BCUT2D eigenvalue weighted by Crippen LogP contribution is 2.07. The number of carbonyl (C=O) groups excluding carboxylic acids is 1. The second kappa shape index (κ2) is 13.4. The molecule has 0 fully saturated rings. The normalized spacial score (nSPS) is 11.1. The maximum Gasteiger partial charge on any atom is 0.222 e. The van der Waals surface area contributed by atoms with Crippen LogP contribution < -0.4 is 0 Å². The Bertz CT molecular complexity index is 232. The summed E-state index contributed by atoms with van der Waals surface area (Å²) < 4.78 is 10.7. The summed E-state index contributed by atoms with van der Waals surface area (Å²) in [5.41, 5.74) is 0. The van der Waals surface area contributed by atoms with E-state index < -0.39 is 0 Å². The molecule has 0 aromatic rings. The Morgan fingerprint density at radius 2 is 1.70 bits per heavy atom. The molecule has 1 amide bonds. The summed E-state index contributed by atoms with van der Waals surface area (Å²) in [7, 11) is 1.86. The monoisotopic (exact) mass is 287 g/mol. The standard InChI is InChI=1S/C16H33NO3/c1-5-19-13-10-8-6-7-9-11-16(18)17(4)12-14-20-15(2)3/h15H,5-14H2,1-4H3. The number of ether oxygens (including phenoxy) is 2. The molecule has 0 radical (unpaired) electrons. The minimum Gasteiger partial charge on any atom is -0.382 e. The molecule has 0 saturated carbocycles. The van der Waals surface area contributed by atoms with Gasteiger partial charge < -0.3 is 14.4 Å². The van der Waals surface area contributed by atoms with Crippen LogP contribution in [0.25, 0.3) is 0 Å². The van der Waals surface area contributed by atoms with Crippen LogP contribution in [0.5, 0.6) is 0 Å². The average Bonchev–Trinajstić information content (AvgIpc) is 2.41. The highest BCUT2D eigenvalue weighted by Gasteiger charge is 2.08. The molecule has 0 aliphatic rings. The molecule has 0 spiro atoms. The van der Waals surface area contributed by atoms with E-state index in [1.807, 2.05) is 27.8 Å². The van der Waals surface area contributed by atoms with Crippen LogP contribution in [0.2, 0.25) is 0 Å². The van der Waals surface area contributed by atoms with Gasteiger partial charge in [0.1, 0.15) is 0 Å². The largest absolute Gasteiger partial charge is 0.382 e. The first kappa shape index (κ1) is 19.4. The summed E-state index contributed by atoms with van der Waals surface area (Å²) in [5, 5.41) is 0. The Kier molecular flexibility index (Phi) is 13.0. The first-order valence-corrected chi connectivity index (χ1v) is 8.01. The Hall–Kier alpha value is -0.610.